The molecule has 1 aliphatic rings. The van der Waals surface area contributed by atoms with Crippen molar-refractivity contribution in [2.24, 2.45) is 7.05 Å². The molecule has 114 valence electrons. The molecular formula is C15H24N6. The van der Waals surface area contributed by atoms with Crippen molar-refractivity contribution in [1.82, 2.24) is 24.6 Å². The van der Waals surface area contributed by atoms with Crippen molar-refractivity contribution in [1.29, 1.82) is 0 Å². The third-order valence-electron chi connectivity index (χ3n) is 4.46. The third-order valence-corrected chi connectivity index (χ3v) is 4.46. The highest BCUT2D eigenvalue weighted by molar-refractivity contribution is 5.86. The minimum Gasteiger partial charge on any atom is -0.372 e. The summed E-state index contributed by atoms with van der Waals surface area (Å²) in [6, 6.07) is 0.669. The van der Waals surface area contributed by atoms with Crippen LogP contribution in [0.15, 0.2) is 6.20 Å². The molecule has 0 aromatic carbocycles. The van der Waals surface area contributed by atoms with E-state index in [1.165, 1.54) is 32.1 Å². The molecule has 21 heavy (non-hydrogen) atoms. The molecular weight excluding hydrogens is 264 g/mol. The van der Waals surface area contributed by atoms with Crippen LogP contribution in [-0.4, -0.2) is 44.8 Å². The number of hydrogen-bond acceptors (Lipinski definition) is 5. The summed E-state index contributed by atoms with van der Waals surface area (Å²) >= 11 is 0. The van der Waals surface area contributed by atoms with Crippen LogP contribution >= 0.6 is 0 Å². The first-order chi connectivity index (χ1) is 10.2. The Labute approximate surface area is 125 Å². The normalized spacial score (nSPS) is 16.8. The first kappa shape index (κ1) is 14.3. The average Bonchev–Trinajstić information content (AvgIpc) is 2.89. The summed E-state index contributed by atoms with van der Waals surface area (Å²) in [5, 5.41) is 8.40. The van der Waals surface area contributed by atoms with Crippen molar-refractivity contribution in [2.45, 2.75) is 44.7 Å². The zero-order valence-electron chi connectivity index (χ0n) is 13.1. The van der Waals surface area contributed by atoms with Crippen LogP contribution in [0.5, 0.6) is 0 Å². The van der Waals surface area contributed by atoms with Gasteiger partial charge in [-0.15, -0.1) is 0 Å². The van der Waals surface area contributed by atoms with Gasteiger partial charge in [-0.1, -0.05) is 19.3 Å². The van der Waals surface area contributed by atoms with Crippen molar-refractivity contribution in [3.05, 3.63) is 12.0 Å². The topological polar surface area (TPSA) is 58.9 Å². The van der Waals surface area contributed by atoms with Crippen LogP contribution in [0.1, 0.15) is 37.9 Å². The monoisotopic (exact) mass is 288 g/mol. The Balaban J connectivity index is 1.84. The summed E-state index contributed by atoms with van der Waals surface area (Å²) in [6.45, 7) is 0.792. The molecule has 0 unspecified atom stereocenters. The number of rotatable bonds is 4. The minimum atomic E-state index is 0.669. The van der Waals surface area contributed by atoms with E-state index in [9.17, 15) is 0 Å². The lowest BCUT2D eigenvalue weighted by atomic mass is 9.94. The number of fused-ring (bicyclic) bond motifs is 1. The molecule has 6 nitrogen and oxygen atoms in total. The Morgan fingerprint density at radius 3 is 2.76 bits per heavy atom. The van der Waals surface area contributed by atoms with E-state index in [-0.39, 0.29) is 0 Å². The standard InChI is InChI=1S/C15H24N6/c1-16-14-12-9-17-21(3)15(12)19-13(18-14)10-20(2)11-7-5-4-6-8-11/h9,11H,4-8,10H2,1-3H3,(H,16,18,19). The van der Waals surface area contributed by atoms with Gasteiger partial charge in [0.15, 0.2) is 5.65 Å². The maximum absolute atomic E-state index is 4.69. The molecule has 0 bridgehead atoms. The highest BCUT2D eigenvalue weighted by Gasteiger charge is 2.19. The van der Waals surface area contributed by atoms with Gasteiger partial charge in [-0.05, 0) is 19.9 Å². The zero-order valence-corrected chi connectivity index (χ0v) is 13.1. The van der Waals surface area contributed by atoms with E-state index in [4.69, 9.17) is 0 Å². The quantitative estimate of drug-likeness (QED) is 0.934. The van der Waals surface area contributed by atoms with Crippen molar-refractivity contribution in [2.75, 3.05) is 19.4 Å². The van der Waals surface area contributed by atoms with Crippen LogP contribution < -0.4 is 5.32 Å². The van der Waals surface area contributed by atoms with E-state index in [0.29, 0.717) is 6.04 Å². The van der Waals surface area contributed by atoms with Crippen molar-refractivity contribution < 1.29 is 0 Å². The van der Waals surface area contributed by atoms with Crippen LogP contribution in [0.25, 0.3) is 11.0 Å². The van der Waals surface area contributed by atoms with Crippen LogP contribution in [0.2, 0.25) is 0 Å². The molecule has 6 heteroatoms. The molecule has 0 spiro atoms. The van der Waals surface area contributed by atoms with Gasteiger partial charge in [0.05, 0.1) is 18.1 Å². The fraction of sp³-hybridized carbons (Fsp3) is 0.667. The zero-order chi connectivity index (χ0) is 14.8. The van der Waals surface area contributed by atoms with Crippen LogP contribution in [0.4, 0.5) is 5.82 Å². The Morgan fingerprint density at radius 2 is 2.05 bits per heavy atom. The number of nitrogens with zero attached hydrogens (tertiary/aromatic N) is 5. The van der Waals surface area contributed by atoms with Gasteiger partial charge in [0.2, 0.25) is 0 Å². The van der Waals surface area contributed by atoms with Gasteiger partial charge in [-0.2, -0.15) is 5.10 Å². The van der Waals surface area contributed by atoms with Gasteiger partial charge < -0.3 is 5.32 Å². The first-order valence-corrected chi connectivity index (χ1v) is 7.75. The second-order valence-corrected chi connectivity index (χ2v) is 5.95. The average molecular weight is 288 g/mol. The highest BCUT2D eigenvalue weighted by atomic mass is 15.3. The van der Waals surface area contributed by atoms with E-state index in [1.54, 1.807) is 0 Å². The minimum absolute atomic E-state index is 0.669. The molecule has 0 amide bonds. The number of nitrogens with one attached hydrogen (secondary N) is 1. The molecule has 0 aliphatic heterocycles. The fourth-order valence-corrected chi connectivity index (χ4v) is 3.20. The molecule has 0 atom stereocenters. The lowest BCUT2D eigenvalue weighted by molar-refractivity contribution is 0.181. The molecule has 2 aromatic heterocycles. The van der Waals surface area contributed by atoms with Crippen molar-refractivity contribution in [3.63, 3.8) is 0 Å². The number of aromatic nitrogens is 4. The van der Waals surface area contributed by atoms with E-state index >= 15 is 0 Å². The van der Waals surface area contributed by atoms with E-state index in [1.807, 2.05) is 25.0 Å². The summed E-state index contributed by atoms with van der Waals surface area (Å²) in [4.78, 5) is 11.7. The van der Waals surface area contributed by atoms with Crippen LogP contribution in [0, 0.1) is 0 Å². The number of aryl methyl sites for hydroxylation is 1. The predicted octanol–water partition coefficient (Wildman–Crippen LogP) is 2.17. The second-order valence-electron chi connectivity index (χ2n) is 5.95. The molecule has 0 saturated heterocycles. The maximum Gasteiger partial charge on any atom is 0.163 e. The van der Waals surface area contributed by atoms with Gasteiger partial charge >= 0.3 is 0 Å². The molecule has 1 N–H and O–H groups in total. The van der Waals surface area contributed by atoms with Gasteiger partial charge in [0.1, 0.15) is 11.6 Å². The molecule has 1 fully saturated rings. The summed E-state index contributed by atoms with van der Waals surface area (Å²) in [5.41, 5.74) is 0.890. The summed E-state index contributed by atoms with van der Waals surface area (Å²) < 4.78 is 1.81. The molecule has 0 radical (unpaired) electrons. The highest BCUT2D eigenvalue weighted by Crippen LogP contribution is 2.24. The molecule has 2 heterocycles. The fourth-order valence-electron chi connectivity index (χ4n) is 3.20. The van der Waals surface area contributed by atoms with Crippen LogP contribution in [-0.2, 0) is 13.6 Å². The third kappa shape index (κ3) is 2.85. The second kappa shape index (κ2) is 5.97. The predicted molar refractivity (Wildman–Crippen MR) is 84.2 cm³/mol. The molecule has 2 aromatic rings. The first-order valence-electron chi connectivity index (χ1n) is 7.75. The Bertz CT molecular complexity index is 614. The van der Waals surface area contributed by atoms with Crippen molar-refractivity contribution >= 4 is 16.9 Å². The van der Waals surface area contributed by atoms with E-state index in [2.05, 4.69) is 32.3 Å². The van der Waals surface area contributed by atoms with Gasteiger partial charge in [-0.25, -0.2) is 9.97 Å². The molecule has 3 rings (SSSR count). The molecule has 1 aliphatic carbocycles. The smallest absolute Gasteiger partial charge is 0.163 e. The van der Waals surface area contributed by atoms with E-state index in [0.717, 1.165) is 29.2 Å². The van der Waals surface area contributed by atoms with Crippen LogP contribution in [0.3, 0.4) is 0 Å². The Kier molecular flexibility index (Phi) is 4.05. The summed E-state index contributed by atoms with van der Waals surface area (Å²) in [6.07, 6.45) is 8.48. The Hall–Kier alpha value is -1.69. The Morgan fingerprint density at radius 1 is 1.29 bits per heavy atom. The SMILES string of the molecule is CNc1nc(CN(C)C2CCCCC2)nc2c1cnn2C. The van der Waals surface area contributed by atoms with Gasteiger partial charge in [0, 0.05) is 20.1 Å². The lowest BCUT2D eigenvalue weighted by Crippen LogP contribution is -2.33. The van der Waals surface area contributed by atoms with E-state index < -0.39 is 0 Å². The maximum atomic E-state index is 4.69. The van der Waals surface area contributed by atoms with Gasteiger partial charge in [-0.3, -0.25) is 9.58 Å². The molecule has 1 saturated carbocycles. The summed E-state index contributed by atoms with van der Waals surface area (Å²) in [7, 11) is 6.00. The largest absolute Gasteiger partial charge is 0.372 e. The summed E-state index contributed by atoms with van der Waals surface area (Å²) in [5.74, 6) is 1.73. The van der Waals surface area contributed by atoms with Gasteiger partial charge in [0.25, 0.3) is 0 Å². The van der Waals surface area contributed by atoms with Crippen molar-refractivity contribution in [3.8, 4) is 0 Å². The lowest BCUT2D eigenvalue weighted by Gasteiger charge is -2.30. The number of anilines is 1. The number of hydrogen-bond donors (Lipinski definition) is 1.